The number of carbonyl (C=O) groups is 1. The maximum Gasteiger partial charge on any atom is 0.312 e. The first-order valence-corrected chi connectivity index (χ1v) is 11.8. The molecule has 2 aromatic carbocycles. The van der Waals surface area contributed by atoms with Gasteiger partial charge in [-0.05, 0) is 49.7 Å². The minimum Gasteiger partial charge on any atom is -0.348 e. The number of benzene rings is 2. The Hall–Kier alpha value is -3.56. The van der Waals surface area contributed by atoms with E-state index in [1.165, 1.54) is 5.56 Å². The molecule has 0 spiro atoms. The average molecular weight is 477 g/mol. The van der Waals surface area contributed by atoms with Crippen LogP contribution in [0.3, 0.4) is 0 Å². The molecule has 1 aromatic heterocycles. The van der Waals surface area contributed by atoms with Gasteiger partial charge in [-0.3, -0.25) is 24.5 Å². The minimum atomic E-state index is -0.399. The van der Waals surface area contributed by atoms with Crippen molar-refractivity contribution in [3.63, 3.8) is 0 Å². The van der Waals surface area contributed by atoms with Gasteiger partial charge in [0, 0.05) is 44.8 Å². The topological polar surface area (TPSA) is 96.5 Å². The molecular formula is C26H32N6O3. The van der Waals surface area contributed by atoms with E-state index in [0.717, 1.165) is 43.9 Å². The minimum absolute atomic E-state index is 0.0496. The molecule has 9 heteroatoms. The molecule has 0 radical (unpaired) electrons. The summed E-state index contributed by atoms with van der Waals surface area (Å²) in [7, 11) is 2.16. The lowest BCUT2D eigenvalue weighted by Crippen LogP contribution is -2.43. The van der Waals surface area contributed by atoms with Gasteiger partial charge in [-0.25, -0.2) is 0 Å². The van der Waals surface area contributed by atoms with Gasteiger partial charge in [0.05, 0.1) is 11.5 Å². The standard InChI is InChI=1S/C26H32N6O3/c1-19-25(32(34)35)20(2)31(28-19)18-21-7-9-24(10-8-21)26(33)27-16-22-5-4-6-23(15-22)17-30-13-11-29(3)12-14-30/h4-10,15H,11-14,16-18H2,1-3H3,(H,27,33). The first-order chi connectivity index (χ1) is 16.8. The zero-order valence-corrected chi connectivity index (χ0v) is 20.5. The quantitative estimate of drug-likeness (QED) is 0.396. The third-order valence-corrected chi connectivity index (χ3v) is 6.52. The Bertz CT molecular complexity index is 1200. The van der Waals surface area contributed by atoms with E-state index in [1.54, 1.807) is 30.7 Å². The second-order valence-electron chi connectivity index (χ2n) is 9.21. The van der Waals surface area contributed by atoms with E-state index in [2.05, 4.69) is 39.4 Å². The Morgan fingerprint density at radius 3 is 2.34 bits per heavy atom. The lowest BCUT2D eigenvalue weighted by molar-refractivity contribution is -0.386. The van der Waals surface area contributed by atoms with Crippen molar-refractivity contribution in [3.8, 4) is 0 Å². The van der Waals surface area contributed by atoms with Gasteiger partial charge in [0.15, 0.2) is 0 Å². The van der Waals surface area contributed by atoms with E-state index >= 15 is 0 Å². The number of aryl methyl sites for hydroxylation is 1. The Labute approximate surface area is 205 Å². The molecule has 2 heterocycles. The molecule has 3 aromatic rings. The molecule has 1 aliphatic heterocycles. The van der Waals surface area contributed by atoms with Crippen LogP contribution >= 0.6 is 0 Å². The number of hydrogen-bond donors (Lipinski definition) is 1. The Kier molecular flexibility index (Phi) is 7.57. The van der Waals surface area contributed by atoms with Crippen LogP contribution in [-0.2, 0) is 19.6 Å². The summed E-state index contributed by atoms with van der Waals surface area (Å²) in [5, 5.41) is 18.5. The fourth-order valence-corrected chi connectivity index (χ4v) is 4.43. The SMILES string of the molecule is Cc1nn(Cc2ccc(C(=O)NCc3cccc(CN4CCN(C)CC4)c3)cc2)c(C)c1[N+](=O)[O-]. The number of nitrogens with one attached hydrogen (secondary N) is 1. The molecule has 0 unspecified atom stereocenters. The van der Waals surface area contributed by atoms with E-state index in [4.69, 9.17) is 0 Å². The fraction of sp³-hybridized carbons (Fsp3) is 0.385. The van der Waals surface area contributed by atoms with E-state index in [1.807, 2.05) is 24.3 Å². The first-order valence-electron chi connectivity index (χ1n) is 11.8. The molecular weight excluding hydrogens is 444 g/mol. The third kappa shape index (κ3) is 6.12. The van der Waals surface area contributed by atoms with Crippen LogP contribution in [0.1, 0.15) is 38.4 Å². The molecule has 4 rings (SSSR count). The van der Waals surface area contributed by atoms with Crippen molar-refractivity contribution in [1.82, 2.24) is 24.9 Å². The van der Waals surface area contributed by atoms with Crippen molar-refractivity contribution in [2.75, 3.05) is 33.2 Å². The van der Waals surface area contributed by atoms with E-state index in [9.17, 15) is 14.9 Å². The highest BCUT2D eigenvalue weighted by Crippen LogP contribution is 2.22. The maximum atomic E-state index is 12.7. The highest BCUT2D eigenvalue weighted by molar-refractivity contribution is 5.94. The second-order valence-corrected chi connectivity index (χ2v) is 9.21. The van der Waals surface area contributed by atoms with Crippen molar-refractivity contribution in [2.45, 2.75) is 33.5 Å². The largest absolute Gasteiger partial charge is 0.348 e. The predicted molar refractivity (Wildman–Crippen MR) is 134 cm³/mol. The molecule has 0 saturated carbocycles. The molecule has 1 amide bonds. The zero-order valence-electron chi connectivity index (χ0n) is 20.5. The monoisotopic (exact) mass is 476 g/mol. The van der Waals surface area contributed by atoms with Gasteiger partial charge in [0.25, 0.3) is 5.91 Å². The van der Waals surface area contributed by atoms with Crippen LogP contribution in [0.25, 0.3) is 0 Å². The number of amides is 1. The number of piperazine rings is 1. The van der Waals surface area contributed by atoms with E-state index in [0.29, 0.717) is 30.0 Å². The van der Waals surface area contributed by atoms with Crippen LogP contribution in [0, 0.1) is 24.0 Å². The lowest BCUT2D eigenvalue weighted by Gasteiger charge is -2.32. The highest BCUT2D eigenvalue weighted by atomic mass is 16.6. The predicted octanol–water partition coefficient (Wildman–Crippen LogP) is 3.13. The number of hydrogen-bond acceptors (Lipinski definition) is 6. The normalized spacial score (nSPS) is 14.7. The van der Waals surface area contributed by atoms with Crippen LogP contribution in [0.2, 0.25) is 0 Å². The fourth-order valence-electron chi connectivity index (χ4n) is 4.43. The Morgan fingerprint density at radius 1 is 1.00 bits per heavy atom. The van der Waals surface area contributed by atoms with Crippen molar-refractivity contribution in [3.05, 3.63) is 92.3 Å². The van der Waals surface area contributed by atoms with Gasteiger partial charge < -0.3 is 10.2 Å². The smallest absolute Gasteiger partial charge is 0.312 e. The van der Waals surface area contributed by atoms with Crippen molar-refractivity contribution in [2.24, 2.45) is 0 Å². The third-order valence-electron chi connectivity index (χ3n) is 6.52. The average Bonchev–Trinajstić information content (AvgIpc) is 3.12. The molecule has 1 fully saturated rings. The van der Waals surface area contributed by atoms with Crippen LogP contribution in [0.4, 0.5) is 5.69 Å². The van der Waals surface area contributed by atoms with Crippen molar-refractivity contribution >= 4 is 11.6 Å². The molecule has 0 aliphatic carbocycles. The molecule has 0 bridgehead atoms. The number of nitro groups is 1. The molecule has 1 N–H and O–H groups in total. The molecule has 1 aliphatic rings. The summed E-state index contributed by atoms with van der Waals surface area (Å²) in [4.78, 5) is 28.3. The van der Waals surface area contributed by atoms with Gasteiger partial charge in [0.1, 0.15) is 11.4 Å². The summed E-state index contributed by atoms with van der Waals surface area (Å²) in [6.45, 7) is 9.46. The number of rotatable bonds is 8. The van der Waals surface area contributed by atoms with Crippen LogP contribution in [-0.4, -0.2) is 63.6 Å². The number of aromatic nitrogens is 2. The highest BCUT2D eigenvalue weighted by Gasteiger charge is 2.21. The summed E-state index contributed by atoms with van der Waals surface area (Å²) in [5.41, 5.74) is 4.79. The summed E-state index contributed by atoms with van der Waals surface area (Å²) in [6, 6.07) is 15.6. The summed E-state index contributed by atoms with van der Waals surface area (Å²) < 4.78 is 1.62. The lowest BCUT2D eigenvalue weighted by atomic mass is 10.1. The van der Waals surface area contributed by atoms with Gasteiger partial charge in [-0.15, -0.1) is 0 Å². The van der Waals surface area contributed by atoms with E-state index < -0.39 is 4.92 Å². The van der Waals surface area contributed by atoms with Gasteiger partial charge in [0.2, 0.25) is 0 Å². The summed E-state index contributed by atoms with van der Waals surface area (Å²) in [6.07, 6.45) is 0. The number of likely N-dealkylation sites (N-methyl/N-ethyl adjacent to an activating group) is 1. The van der Waals surface area contributed by atoms with E-state index in [-0.39, 0.29) is 11.6 Å². The van der Waals surface area contributed by atoms with Crippen molar-refractivity contribution < 1.29 is 9.72 Å². The van der Waals surface area contributed by atoms with Crippen LogP contribution < -0.4 is 5.32 Å². The number of carbonyl (C=O) groups excluding carboxylic acids is 1. The number of nitrogens with zero attached hydrogens (tertiary/aromatic N) is 5. The van der Waals surface area contributed by atoms with Gasteiger partial charge >= 0.3 is 5.69 Å². The maximum absolute atomic E-state index is 12.7. The molecule has 9 nitrogen and oxygen atoms in total. The molecule has 0 atom stereocenters. The molecule has 1 saturated heterocycles. The van der Waals surface area contributed by atoms with Gasteiger partial charge in [-0.1, -0.05) is 36.4 Å². The molecule has 184 valence electrons. The van der Waals surface area contributed by atoms with Crippen LogP contribution in [0.15, 0.2) is 48.5 Å². The second kappa shape index (κ2) is 10.8. The summed E-state index contributed by atoms with van der Waals surface area (Å²) in [5.74, 6) is -0.136. The first kappa shape index (κ1) is 24.6. The zero-order chi connectivity index (χ0) is 24.9. The summed E-state index contributed by atoms with van der Waals surface area (Å²) >= 11 is 0. The Morgan fingerprint density at radius 2 is 1.69 bits per heavy atom. The van der Waals surface area contributed by atoms with Crippen molar-refractivity contribution in [1.29, 1.82) is 0 Å². The Balaban J connectivity index is 1.32. The van der Waals surface area contributed by atoms with Gasteiger partial charge in [-0.2, -0.15) is 5.10 Å². The molecule has 35 heavy (non-hydrogen) atoms. The van der Waals surface area contributed by atoms with Crippen LogP contribution in [0.5, 0.6) is 0 Å².